The maximum Gasteiger partial charge on any atom is 0.270 e. The number of carbonyl (C=O) groups is 1. The number of likely N-dealkylation sites (N-methyl/N-ethyl adjacent to an activating group) is 1. The molecule has 0 saturated heterocycles. The van der Waals surface area contributed by atoms with Gasteiger partial charge in [-0.2, -0.15) is 4.98 Å². The lowest BCUT2D eigenvalue weighted by molar-refractivity contribution is -0.384. The van der Waals surface area contributed by atoms with Gasteiger partial charge in [0.2, 0.25) is 17.6 Å². The van der Waals surface area contributed by atoms with Crippen LogP contribution >= 0.6 is 0 Å². The van der Waals surface area contributed by atoms with Crippen LogP contribution in [0.1, 0.15) is 17.0 Å². The van der Waals surface area contributed by atoms with Gasteiger partial charge in [0.1, 0.15) is 0 Å². The average Bonchev–Trinajstić information content (AvgIpc) is 3.13. The first-order valence-corrected chi connectivity index (χ1v) is 8.95. The topological polar surface area (TPSA) is 114 Å². The summed E-state index contributed by atoms with van der Waals surface area (Å²) in [5.41, 5.74) is 3.26. The second-order valence-corrected chi connectivity index (χ2v) is 6.81. The first-order chi connectivity index (χ1) is 13.8. The summed E-state index contributed by atoms with van der Waals surface area (Å²) < 4.78 is 5.22. The van der Waals surface area contributed by atoms with Gasteiger partial charge < -0.3 is 9.84 Å². The van der Waals surface area contributed by atoms with Gasteiger partial charge in [0, 0.05) is 23.4 Å². The predicted molar refractivity (Wildman–Crippen MR) is 107 cm³/mol. The molecule has 0 spiro atoms. The Hall–Kier alpha value is -3.59. The van der Waals surface area contributed by atoms with Crippen molar-refractivity contribution in [2.75, 3.05) is 18.9 Å². The summed E-state index contributed by atoms with van der Waals surface area (Å²) in [7, 11) is 1.77. The molecule has 1 amide bonds. The smallest absolute Gasteiger partial charge is 0.270 e. The number of benzene rings is 2. The lowest BCUT2D eigenvalue weighted by atomic mass is 10.1. The lowest BCUT2D eigenvalue weighted by Gasteiger charge is -2.16. The molecule has 150 valence electrons. The highest BCUT2D eigenvalue weighted by molar-refractivity contribution is 5.93. The largest absolute Gasteiger partial charge is 0.338 e. The van der Waals surface area contributed by atoms with Crippen LogP contribution < -0.4 is 5.32 Å². The summed E-state index contributed by atoms with van der Waals surface area (Å²) in [5, 5.41) is 17.7. The summed E-state index contributed by atoms with van der Waals surface area (Å²) in [5.74, 6) is 0.425. The van der Waals surface area contributed by atoms with E-state index in [0.717, 1.165) is 16.8 Å². The van der Waals surface area contributed by atoms with E-state index in [0.29, 0.717) is 11.5 Å². The monoisotopic (exact) mass is 395 g/mol. The first kappa shape index (κ1) is 20.2. The zero-order valence-corrected chi connectivity index (χ0v) is 16.4. The van der Waals surface area contributed by atoms with E-state index in [1.54, 1.807) is 24.1 Å². The van der Waals surface area contributed by atoms with Crippen LogP contribution in [0.3, 0.4) is 0 Å². The number of hydrogen-bond donors (Lipinski definition) is 1. The molecule has 3 rings (SSSR count). The second-order valence-electron chi connectivity index (χ2n) is 6.81. The van der Waals surface area contributed by atoms with Crippen molar-refractivity contribution in [2.45, 2.75) is 20.4 Å². The molecule has 0 saturated carbocycles. The fourth-order valence-electron chi connectivity index (χ4n) is 2.92. The number of aromatic nitrogens is 2. The number of rotatable bonds is 7. The number of nitrogens with zero attached hydrogens (tertiary/aromatic N) is 4. The molecule has 0 radical (unpaired) electrons. The molecular formula is C20H21N5O4. The van der Waals surface area contributed by atoms with E-state index in [1.807, 2.05) is 32.0 Å². The zero-order valence-electron chi connectivity index (χ0n) is 16.4. The Bertz CT molecular complexity index is 1030. The SMILES string of the molecule is Cc1cccc(C)c1NC(=O)CN(C)Cc1nc(-c2cccc([N+](=O)[O-])c2)no1. The van der Waals surface area contributed by atoms with Crippen molar-refractivity contribution in [2.24, 2.45) is 0 Å². The molecule has 0 atom stereocenters. The van der Waals surface area contributed by atoms with Gasteiger partial charge in [0.15, 0.2) is 0 Å². The van der Waals surface area contributed by atoms with Gasteiger partial charge in [0.05, 0.1) is 18.0 Å². The molecule has 1 N–H and O–H groups in total. The van der Waals surface area contributed by atoms with Gasteiger partial charge >= 0.3 is 0 Å². The molecule has 9 nitrogen and oxygen atoms in total. The Labute approximate surface area is 167 Å². The minimum absolute atomic E-state index is 0.0471. The van der Waals surface area contributed by atoms with E-state index < -0.39 is 4.92 Å². The van der Waals surface area contributed by atoms with Gasteiger partial charge in [-0.15, -0.1) is 0 Å². The molecule has 0 aliphatic rings. The molecular weight excluding hydrogens is 374 g/mol. The predicted octanol–water partition coefficient (Wildman–Crippen LogP) is 3.33. The number of nitro benzene ring substituents is 1. The van der Waals surface area contributed by atoms with Gasteiger partial charge in [-0.25, -0.2) is 0 Å². The van der Waals surface area contributed by atoms with Crippen LogP contribution in [0, 0.1) is 24.0 Å². The number of hydrogen-bond acceptors (Lipinski definition) is 7. The van der Waals surface area contributed by atoms with Crippen LogP contribution in [0.4, 0.5) is 11.4 Å². The van der Waals surface area contributed by atoms with Gasteiger partial charge in [0.25, 0.3) is 5.69 Å². The van der Waals surface area contributed by atoms with E-state index in [-0.39, 0.29) is 30.5 Å². The second kappa shape index (κ2) is 8.61. The van der Waals surface area contributed by atoms with E-state index in [2.05, 4.69) is 15.5 Å². The van der Waals surface area contributed by atoms with Crippen molar-refractivity contribution in [3.05, 3.63) is 69.6 Å². The molecule has 2 aromatic carbocycles. The van der Waals surface area contributed by atoms with E-state index in [9.17, 15) is 14.9 Å². The Morgan fingerprint density at radius 1 is 1.21 bits per heavy atom. The molecule has 0 bridgehead atoms. The maximum absolute atomic E-state index is 12.4. The Morgan fingerprint density at radius 2 is 1.90 bits per heavy atom. The lowest BCUT2D eigenvalue weighted by Crippen LogP contribution is -2.30. The van der Waals surface area contributed by atoms with Crippen molar-refractivity contribution in [1.82, 2.24) is 15.0 Å². The Morgan fingerprint density at radius 3 is 2.59 bits per heavy atom. The third kappa shape index (κ3) is 5.02. The van der Waals surface area contributed by atoms with Crippen LogP contribution in [0.25, 0.3) is 11.4 Å². The highest BCUT2D eigenvalue weighted by Gasteiger charge is 2.15. The van der Waals surface area contributed by atoms with Crippen LogP contribution in [0.2, 0.25) is 0 Å². The summed E-state index contributed by atoms with van der Waals surface area (Å²) in [6.07, 6.45) is 0. The highest BCUT2D eigenvalue weighted by Crippen LogP contribution is 2.22. The van der Waals surface area contributed by atoms with Crippen LogP contribution in [0.15, 0.2) is 47.0 Å². The molecule has 9 heteroatoms. The van der Waals surface area contributed by atoms with Crippen molar-refractivity contribution in [3.63, 3.8) is 0 Å². The molecule has 29 heavy (non-hydrogen) atoms. The zero-order chi connectivity index (χ0) is 21.0. The number of para-hydroxylation sites is 1. The normalized spacial score (nSPS) is 10.9. The average molecular weight is 395 g/mol. The molecule has 0 unspecified atom stereocenters. The van der Waals surface area contributed by atoms with Crippen molar-refractivity contribution in [1.29, 1.82) is 0 Å². The molecule has 0 fully saturated rings. The van der Waals surface area contributed by atoms with E-state index >= 15 is 0 Å². The number of aryl methyl sites for hydroxylation is 2. The third-order valence-electron chi connectivity index (χ3n) is 4.35. The van der Waals surface area contributed by atoms with Crippen LogP contribution in [0.5, 0.6) is 0 Å². The quantitative estimate of drug-likeness (QED) is 0.482. The number of anilines is 1. The number of nitrogens with one attached hydrogen (secondary N) is 1. The number of amides is 1. The van der Waals surface area contributed by atoms with Crippen LogP contribution in [-0.2, 0) is 11.3 Å². The van der Waals surface area contributed by atoms with Gasteiger partial charge in [-0.3, -0.25) is 19.8 Å². The summed E-state index contributed by atoms with van der Waals surface area (Å²) in [6, 6.07) is 11.8. The fourth-order valence-corrected chi connectivity index (χ4v) is 2.92. The molecule has 0 aliphatic heterocycles. The maximum atomic E-state index is 12.4. The summed E-state index contributed by atoms with van der Waals surface area (Å²) in [4.78, 5) is 28.8. The van der Waals surface area contributed by atoms with Crippen molar-refractivity contribution in [3.8, 4) is 11.4 Å². The first-order valence-electron chi connectivity index (χ1n) is 8.95. The van der Waals surface area contributed by atoms with Gasteiger partial charge in [-0.05, 0) is 32.0 Å². The number of nitro groups is 1. The van der Waals surface area contributed by atoms with Crippen molar-refractivity contribution < 1.29 is 14.2 Å². The van der Waals surface area contributed by atoms with Crippen LogP contribution in [-0.4, -0.2) is 39.5 Å². The number of non-ortho nitro benzene ring substituents is 1. The van der Waals surface area contributed by atoms with Gasteiger partial charge in [-0.1, -0.05) is 35.5 Å². The van der Waals surface area contributed by atoms with E-state index in [4.69, 9.17) is 4.52 Å². The minimum atomic E-state index is -0.479. The third-order valence-corrected chi connectivity index (χ3v) is 4.35. The molecule has 3 aromatic rings. The minimum Gasteiger partial charge on any atom is -0.338 e. The fraction of sp³-hybridized carbons (Fsp3) is 0.250. The highest BCUT2D eigenvalue weighted by atomic mass is 16.6. The molecule has 1 aromatic heterocycles. The summed E-state index contributed by atoms with van der Waals surface area (Å²) >= 11 is 0. The number of carbonyl (C=O) groups excluding carboxylic acids is 1. The standard InChI is InChI=1S/C20H21N5O4/c1-13-6-4-7-14(2)19(13)21-17(26)11-24(3)12-18-22-20(23-29-18)15-8-5-9-16(10-15)25(27)28/h4-10H,11-12H2,1-3H3,(H,21,26). The molecule has 0 aliphatic carbocycles. The molecule has 1 heterocycles. The van der Waals surface area contributed by atoms with Crippen molar-refractivity contribution >= 4 is 17.3 Å². The summed E-state index contributed by atoms with van der Waals surface area (Å²) in [6.45, 7) is 4.30. The van der Waals surface area contributed by atoms with E-state index in [1.165, 1.54) is 12.1 Å². The Kier molecular flexibility index (Phi) is 5.99. The Balaban J connectivity index is 1.61.